The monoisotopic (exact) mass is 377 g/mol. The first-order valence-corrected chi connectivity index (χ1v) is 8.64. The van der Waals surface area contributed by atoms with Crippen molar-refractivity contribution in [3.05, 3.63) is 64.8 Å². The Balaban J connectivity index is 1.90. The summed E-state index contributed by atoms with van der Waals surface area (Å²) >= 11 is 7.20. The molecular weight excluding hydrogens is 365 g/mol. The van der Waals surface area contributed by atoms with Crippen LogP contribution >= 0.6 is 22.9 Å². The number of rotatable bonds is 5. The Hall–Kier alpha value is -2.44. The smallest absolute Gasteiger partial charge is 0.345 e. The van der Waals surface area contributed by atoms with E-state index in [1.807, 2.05) is 6.92 Å². The molecule has 0 amide bonds. The molecule has 3 rings (SSSR count). The molecule has 4 nitrogen and oxygen atoms in total. The second-order valence-corrected chi connectivity index (χ2v) is 6.76. The molecule has 2 heterocycles. The zero-order chi connectivity index (χ0) is 17.8. The molecule has 0 aliphatic heterocycles. The van der Waals surface area contributed by atoms with E-state index in [2.05, 4.69) is 4.98 Å². The van der Waals surface area contributed by atoms with Gasteiger partial charge in [0, 0.05) is 10.4 Å². The van der Waals surface area contributed by atoms with Gasteiger partial charge in [0.15, 0.2) is 12.7 Å². The number of hydrogen-bond acceptors (Lipinski definition) is 5. The zero-order valence-corrected chi connectivity index (χ0v) is 14.7. The number of esters is 1. The molecule has 0 aliphatic carbocycles. The Morgan fingerprint density at radius 2 is 2.24 bits per heavy atom. The summed E-state index contributed by atoms with van der Waals surface area (Å²) < 4.78 is 25.0. The molecule has 0 saturated carbocycles. The normalized spacial score (nSPS) is 11.6. The lowest BCUT2D eigenvalue weighted by atomic mass is 10.0. The van der Waals surface area contributed by atoms with Crippen molar-refractivity contribution in [3.63, 3.8) is 0 Å². The fourth-order valence-corrected chi connectivity index (χ4v) is 3.34. The van der Waals surface area contributed by atoms with Gasteiger partial charge >= 0.3 is 5.97 Å². The van der Waals surface area contributed by atoms with Crippen molar-refractivity contribution < 1.29 is 18.3 Å². The summed E-state index contributed by atoms with van der Waals surface area (Å²) in [6, 6.07) is 8.09. The molecule has 0 spiro atoms. The van der Waals surface area contributed by atoms with Gasteiger partial charge in [-0.25, -0.2) is 9.18 Å². The average Bonchev–Trinajstić information content (AvgIpc) is 3.24. The van der Waals surface area contributed by atoms with Crippen LogP contribution in [0, 0.1) is 5.82 Å². The van der Waals surface area contributed by atoms with Gasteiger partial charge in [0.25, 0.3) is 5.88 Å². The van der Waals surface area contributed by atoms with Crippen LogP contribution in [0.2, 0.25) is 4.34 Å². The highest BCUT2D eigenvalue weighted by Crippen LogP contribution is 2.34. The predicted octanol–water partition coefficient (Wildman–Crippen LogP) is 5.59. The van der Waals surface area contributed by atoms with E-state index < -0.39 is 11.8 Å². The second kappa shape index (κ2) is 7.63. The number of thiophene rings is 1. The topological polar surface area (TPSA) is 52.3 Å². The third kappa shape index (κ3) is 3.97. The van der Waals surface area contributed by atoms with E-state index in [-0.39, 0.29) is 11.5 Å². The summed E-state index contributed by atoms with van der Waals surface area (Å²) in [4.78, 5) is 16.8. The molecule has 0 N–H and O–H groups in total. The number of benzene rings is 1. The maximum absolute atomic E-state index is 14.5. The van der Waals surface area contributed by atoms with Crippen molar-refractivity contribution in [3.8, 4) is 16.3 Å². The van der Waals surface area contributed by atoms with Crippen LogP contribution in [0.1, 0.15) is 18.9 Å². The summed E-state index contributed by atoms with van der Waals surface area (Å²) in [5.74, 6) is -1.01. The van der Waals surface area contributed by atoms with Crippen LogP contribution in [0.4, 0.5) is 4.39 Å². The lowest BCUT2D eigenvalue weighted by Gasteiger charge is -2.08. The highest BCUT2D eigenvalue weighted by atomic mass is 35.5. The van der Waals surface area contributed by atoms with Crippen LogP contribution in [0.5, 0.6) is 5.88 Å². The molecule has 0 radical (unpaired) electrons. The van der Waals surface area contributed by atoms with E-state index in [4.69, 9.17) is 20.8 Å². The Morgan fingerprint density at radius 1 is 1.40 bits per heavy atom. The molecule has 0 bridgehead atoms. The van der Waals surface area contributed by atoms with Crippen molar-refractivity contribution >= 4 is 34.5 Å². The first-order chi connectivity index (χ1) is 12.1. The van der Waals surface area contributed by atoms with Gasteiger partial charge in [-0.15, -0.1) is 11.3 Å². The number of oxazole rings is 1. The minimum Gasteiger partial charge on any atom is -0.448 e. The van der Waals surface area contributed by atoms with Gasteiger partial charge in [0.05, 0.1) is 9.91 Å². The van der Waals surface area contributed by atoms with E-state index in [0.29, 0.717) is 21.9 Å². The summed E-state index contributed by atoms with van der Waals surface area (Å²) in [6.45, 7) is 1.88. The van der Waals surface area contributed by atoms with E-state index in [0.717, 1.165) is 11.3 Å². The molecule has 0 aliphatic rings. The number of aromatic nitrogens is 1. The second-order valence-electron chi connectivity index (χ2n) is 5.04. The molecule has 0 unspecified atom stereocenters. The van der Waals surface area contributed by atoms with Gasteiger partial charge in [-0.1, -0.05) is 30.7 Å². The quantitative estimate of drug-likeness (QED) is 0.429. The third-order valence-electron chi connectivity index (χ3n) is 3.35. The van der Waals surface area contributed by atoms with E-state index in [9.17, 15) is 9.18 Å². The molecule has 3 aromatic rings. The number of carbonyl (C=O) groups is 1. The molecule has 25 heavy (non-hydrogen) atoms. The van der Waals surface area contributed by atoms with Crippen LogP contribution in [0.15, 0.2) is 53.5 Å². The Morgan fingerprint density at radius 3 is 2.84 bits per heavy atom. The fraction of sp³-hybridized carbons (Fsp3) is 0.111. The summed E-state index contributed by atoms with van der Waals surface area (Å²) in [5.41, 5.74) is 1.13. The largest absolute Gasteiger partial charge is 0.448 e. The number of halogens is 2. The number of carbonyl (C=O) groups excluding carboxylic acids is 1. The minimum atomic E-state index is -0.623. The first-order valence-electron chi connectivity index (χ1n) is 7.44. The zero-order valence-electron chi connectivity index (χ0n) is 13.2. The van der Waals surface area contributed by atoms with Gasteiger partial charge in [-0.2, -0.15) is 4.98 Å². The molecule has 128 valence electrons. The molecule has 0 atom stereocenters. The van der Waals surface area contributed by atoms with Crippen molar-refractivity contribution in [2.45, 2.75) is 13.3 Å². The third-order valence-corrected chi connectivity index (χ3v) is 4.62. The number of nitrogens with zero attached hydrogens (tertiary/aromatic N) is 1. The van der Waals surface area contributed by atoms with Crippen molar-refractivity contribution in [2.75, 3.05) is 0 Å². The van der Waals surface area contributed by atoms with E-state index >= 15 is 0 Å². The van der Waals surface area contributed by atoms with Gasteiger partial charge in [0.2, 0.25) is 0 Å². The van der Waals surface area contributed by atoms with Crippen molar-refractivity contribution in [1.82, 2.24) is 4.98 Å². The standard InChI is InChI=1S/C18H13ClFNO3S/c1-2-3-12(18(22)24-17-9-23-10-21-17)11-4-5-13(14(20)8-11)15-6-7-16(19)25-15/h3-10H,2H2,1H3. The number of ether oxygens (including phenoxy) is 1. The molecule has 7 heteroatoms. The summed E-state index contributed by atoms with van der Waals surface area (Å²) in [6.07, 6.45) is 4.64. The number of hydrogen-bond donors (Lipinski definition) is 0. The van der Waals surface area contributed by atoms with Crippen LogP contribution in [-0.2, 0) is 4.79 Å². The molecule has 0 fully saturated rings. The van der Waals surface area contributed by atoms with Gasteiger partial charge in [-0.3, -0.25) is 0 Å². The Bertz CT molecular complexity index is 918. The van der Waals surface area contributed by atoms with Crippen molar-refractivity contribution in [1.29, 1.82) is 0 Å². The average molecular weight is 378 g/mol. The van der Waals surface area contributed by atoms with Gasteiger partial charge < -0.3 is 9.15 Å². The highest BCUT2D eigenvalue weighted by Gasteiger charge is 2.18. The highest BCUT2D eigenvalue weighted by molar-refractivity contribution is 7.19. The lowest BCUT2D eigenvalue weighted by molar-refractivity contribution is -0.128. The van der Waals surface area contributed by atoms with Crippen LogP contribution in [0.3, 0.4) is 0 Å². The van der Waals surface area contributed by atoms with E-state index in [1.54, 1.807) is 30.3 Å². The lowest BCUT2D eigenvalue weighted by Crippen LogP contribution is -2.11. The Labute approximate surface area is 152 Å². The summed E-state index contributed by atoms with van der Waals surface area (Å²) in [7, 11) is 0. The van der Waals surface area contributed by atoms with Gasteiger partial charge in [-0.05, 0) is 36.2 Å². The maximum atomic E-state index is 14.5. The minimum absolute atomic E-state index is 0.0531. The molecule has 1 aromatic carbocycles. The summed E-state index contributed by atoms with van der Waals surface area (Å²) in [5, 5.41) is 0. The fourth-order valence-electron chi connectivity index (χ4n) is 2.27. The maximum Gasteiger partial charge on any atom is 0.345 e. The van der Waals surface area contributed by atoms with E-state index in [1.165, 1.54) is 23.7 Å². The van der Waals surface area contributed by atoms with Crippen LogP contribution in [-0.4, -0.2) is 11.0 Å². The molecule has 0 saturated heterocycles. The SMILES string of the molecule is CCC=C(C(=O)Oc1cocn1)c1ccc(-c2ccc(Cl)s2)c(F)c1. The van der Waals surface area contributed by atoms with Crippen molar-refractivity contribution in [2.24, 2.45) is 0 Å². The first kappa shape index (κ1) is 17.4. The van der Waals surface area contributed by atoms with Gasteiger partial charge in [0.1, 0.15) is 5.82 Å². The Kier molecular flexibility index (Phi) is 5.31. The number of allylic oxidation sites excluding steroid dienone is 1. The van der Waals surface area contributed by atoms with Crippen LogP contribution < -0.4 is 4.74 Å². The molecule has 2 aromatic heterocycles. The predicted molar refractivity (Wildman–Crippen MR) is 95.1 cm³/mol. The molecular formula is C18H13ClFNO3S. The van der Waals surface area contributed by atoms with Crippen LogP contribution in [0.25, 0.3) is 16.0 Å².